The fraction of sp³-hybridized carbons (Fsp3) is 0.500. The van der Waals surface area contributed by atoms with Crippen LogP contribution in [0.2, 0.25) is 0 Å². The Morgan fingerprint density at radius 1 is 1.09 bits per heavy atom. The Balaban J connectivity index is 1.42. The first kappa shape index (κ1) is 23.9. The normalized spacial score (nSPS) is 17.9. The molecule has 34 heavy (non-hydrogen) atoms. The van der Waals surface area contributed by atoms with Crippen LogP contribution in [0, 0.1) is 11.8 Å². The summed E-state index contributed by atoms with van der Waals surface area (Å²) in [6.07, 6.45) is 7.09. The lowest BCUT2D eigenvalue weighted by Crippen LogP contribution is -2.54. The summed E-state index contributed by atoms with van der Waals surface area (Å²) >= 11 is 0. The van der Waals surface area contributed by atoms with Gasteiger partial charge >= 0.3 is 0 Å². The molecule has 1 aromatic heterocycles. The zero-order chi connectivity index (χ0) is 23.9. The SMILES string of the molecule is COc1cccc(C(=O)NC(C(=O)NCc2ccco2)C2CCN(C(=O)C3CCCC3)CC2)c1. The maximum absolute atomic E-state index is 13.2. The number of piperidine rings is 1. The molecule has 8 heteroatoms. The molecule has 2 heterocycles. The zero-order valence-corrected chi connectivity index (χ0v) is 19.6. The van der Waals surface area contributed by atoms with Gasteiger partial charge in [-0.1, -0.05) is 18.9 Å². The Labute approximate surface area is 200 Å². The third-order valence-corrected chi connectivity index (χ3v) is 6.95. The van der Waals surface area contributed by atoms with Crippen LogP contribution in [-0.4, -0.2) is 48.9 Å². The summed E-state index contributed by atoms with van der Waals surface area (Å²) in [5.74, 6) is 0.953. The minimum absolute atomic E-state index is 0.0706. The first-order chi connectivity index (χ1) is 16.5. The Kier molecular flexibility index (Phi) is 7.87. The summed E-state index contributed by atoms with van der Waals surface area (Å²) < 4.78 is 10.5. The number of amides is 3. The zero-order valence-electron chi connectivity index (χ0n) is 19.6. The van der Waals surface area contributed by atoms with Gasteiger partial charge in [0.2, 0.25) is 11.8 Å². The summed E-state index contributed by atoms with van der Waals surface area (Å²) in [6, 6.07) is 9.69. The van der Waals surface area contributed by atoms with E-state index in [2.05, 4.69) is 10.6 Å². The minimum atomic E-state index is -0.711. The molecule has 1 aliphatic carbocycles. The first-order valence-corrected chi connectivity index (χ1v) is 12.1. The Morgan fingerprint density at radius 3 is 2.53 bits per heavy atom. The molecule has 2 aliphatic rings. The number of hydrogen-bond donors (Lipinski definition) is 2. The van der Waals surface area contributed by atoms with Crippen molar-refractivity contribution in [3.05, 3.63) is 54.0 Å². The fourth-order valence-corrected chi connectivity index (χ4v) is 4.97. The van der Waals surface area contributed by atoms with E-state index in [0.29, 0.717) is 43.0 Å². The van der Waals surface area contributed by atoms with Crippen molar-refractivity contribution < 1.29 is 23.5 Å². The van der Waals surface area contributed by atoms with E-state index in [1.54, 1.807) is 49.8 Å². The molecule has 4 rings (SSSR count). The number of rotatable bonds is 8. The number of nitrogens with one attached hydrogen (secondary N) is 2. The second-order valence-electron chi connectivity index (χ2n) is 9.12. The van der Waals surface area contributed by atoms with Crippen molar-refractivity contribution in [1.29, 1.82) is 0 Å². The minimum Gasteiger partial charge on any atom is -0.497 e. The molecule has 1 saturated heterocycles. The predicted molar refractivity (Wildman–Crippen MR) is 126 cm³/mol. The van der Waals surface area contributed by atoms with E-state index >= 15 is 0 Å². The molecule has 2 N–H and O–H groups in total. The van der Waals surface area contributed by atoms with Crippen LogP contribution in [-0.2, 0) is 16.1 Å². The highest BCUT2D eigenvalue weighted by molar-refractivity contribution is 5.98. The molecule has 8 nitrogen and oxygen atoms in total. The largest absolute Gasteiger partial charge is 0.497 e. The molecule has 1 aromatic carbocycles. The van der Waals surface area contributed by atoms with Crippen molar-refractivity contribution in [2.24, 2.45) is 11.8 Å². The van der Waals surface area contributed by atoms with Gasteiger partial charge in [-0.25, -0.2) is 0 Å². The van der Waals surface area contributed by atoms with Crippen LogP contribution in [0.4, 0.5) is 0 Å². The standard InChI is InChI=1S/C26H33N3O5/c1-33-21-9-4-8-20(16-21)24(30)28-23(25(31)27-17-22-10-5-15-34-22)18-11-13-29(14-12-18)26(32)19-6-2-3-7-19/h4-5,8-10,15-16,18-19,23H,2-3,6-7,11-14,17H2,1H3,(H,27,31)(H,28,30). The van der Waals surface area contributed by atoms with Crippen LogP contribution in [0.3, 0.4) is 0 Å². The van der Waals surface area contributed by atoms with Crippen LogP contribution in [0.25, 0.3) is 0 Å². The lowest BCUT2D eigenvalue weighted by Gasteiger charge is -2.36. The van der Waals surface area contributed by atoms with Crippen LogP contribution < -0.4 is 15.4 Å². The lowest BCUT2D eigenvalue weighted by molar-refractivity contribution is -0.137. The van der Waals surface area contributed by atoms with E-state index in [9.17, 15) is 14.4 Å². The molecule has 0 spiro atoms. The summed E-state index contributed by atoms with van der Waals surface area (Å²) in [6.45, 7) is 1.46. The topological polar surface area (TPSA) is 101 Å². The van der Waals surface area contributed by atoms with Gasteiger partial charge < -0.3 is 24.7 Å². The van der Waals surface area contributed by atoms with Gasteiger partial charge in [-0.3, -0.25) is 14.4 Å². The maximum Gasteiger partial charge on any atom is 0.252 e. The van der Waals surface area contributed by atoms with Gasteiger partial charge in [0.05, 0.1) is 19.9 Å². The van der Waals surface area contributed by atoms with Gasteiger partial charge in [0, 0.05) is 24.6 Å². The highest BCUT2D eigenvalue weighted by Crippen LogP contribution is 2.29. The van der Waals surface area contributed by atoms with E-state index in [4.69, 9.17) is 9.15 Å². The molecule has 0 bridgehead atoms. The van der Waals surface area contributed by atoms with Crippen molar-refractivity contribution in [1.82, 2.24) is 15.5 Å². The number of benzene rings is 1. The number of carbonyl (C=O) groups is 3. The second kappa shape index (κ2) is 11.2. The van der Waals surface area contributed by atoms with Crippen LogP contribution in [0.1, 0.15) is 54.6 Å². The molecule has 1 unspecified atom stereocenters. The van der Waals surface area contributed by atoms with Gasteiger partial charge in [0.15, 0.2) is 0 Å². The highest BCUT2D eigenvalue weighted by Gasteiger charge is 2.36. The third-order valence-electron chi connectivity index (χ3n) is 6.95. The molecule has 1 atom stereocenters. The summed E-state index contributed by atoms with van der Waals surface area (Å²) in [5, 5.41) is 5.83. The smallest absolute Gasteiger partial charge is 0.252 e. The Hall–Kier alpha value is -3.29. The molecule has 0 radical (unpaired) electrons. The van der Waals surface area contributed by atoms with Crippen LogP contribution >= 0.6 is 0 Å². The fourth-order valence-electron chi connectivity index (χ4n) is 4.97. The highest BCUT2D eigenvalue weighted by atomic mass is 16.5. The molecule has 3 amide bonds. The number of ether oxygens (including phenoxy) is 1. The van der Waals surface area contributed by atoms with Gasteiger partial charge in [-0.2, -0.15) is 0 Å². The predicted octanol–water partition coefficient (Wildman–Crippen LogP) is 3.13. The van der Waals surface area contributed by atoms with E-state index in [1.807, 2.05) is 4.90 Å². The molecular weight excluding hydrogens is 434 g/mol. The Bertz CT molecular complexity index is 976. The number of hydrogen-bond acceptors (Lipinski definition) is 5. The number of nitrogens with zero attached hydrogens (tertiary/aromatic N) is 1. The van der Waals surface area contributed by atoms with Gasteiger partial charge in [0.25, 0.3) is 5.91 Å². The molecular formula is C26H33N3O5. The number of furan rings is 1. The van der Waals surface area contributed by atoms with Crippen molar-refractivity contribution in [3.8, 4) is 5.75 Å². The lowest BCUT2D eigenvalue weighted by atomic mass is 9.87. The first-order valence-electron chi connectivity index (χ1n) is 12.1. The number of likely N-dealkylation sites (tertiary alicyclic amines) is 1. The summed E-state index contributed by atoms with van der Waals surface area (Å²) in [4.78, 5) is 41.0. The molecule has 1 aliphatic heterocycles. The van der Waals surface area contributed by atoms with Crippen LogP contribution in [0.5, 0.6) is 5.75 Å². The van der Waals surface area contributed by atoms with Gasteiger partial charge in [-0.15, -0.1) is 0 Å². The maximum atomic E-state index is 13.2. The summed E-state index contributed by atoms with van der Waals surface area (Å²) in [7, 11) is 1.54. The van der Waals surface area contributed by atoms with Crippen molar-refractivity contribution in [2.75, 3.05) is 20.2 Å². The van der Waals surface area contributed by atoms with E-state index in [-0.39, 0.29) is 36.1 Å². The monoisotopic (exact) mass is 467 g/mol. The van der Waals surface area contributed by atoms with Crippen molar-refractivity contribution in [3.63, 3.8) is 0 Å². The number of carbonyl (C=O) groups excluding carboxylic acids is 3. The van der Waals surface area contributed by atoms with E-state index in [1.165, 1.54) is 0 Å². The third kappa shape index (κ3) is 5.79. The van der Waals surface area contributed by atoms with Gasteiger partial charge in [-0.05, 0) is 61.9 Å². The number of methoxy groups -OCH3 is 1. The van der Waals surface area contributed by atoms with E-state index < -0.39 is 6.04 Å². The average molecular weight is 468 g/mol. The molecule has 1 saturated carbocycles. The summed E-state index contributed by atoms with van der Waals surface area (Å²) in [5.41, 5.74) is 0.428. The Morgan fingerprint density at radius 2 is 1.85 bits per heavy atom. The van der Waals surface area contributed by atoms with Crippen molar-refractivity contribution >= 4 is 17.7 Å². The molecule has 182 valence electrons. The van der Waals surface area contributed by atoms with Gasteiger partial charge in [0.1, 0.15) is 17.6 Å². The van der Waals surface area contributed by atoms with Crippen LogP contribution in [0.15, 0.2) is 47.1 Å². The quantitative estimate of drug-likeness (QED) is 0.621. The second-order valence-corrected chi connectivity index (χ2v) is 9.12. The van der Waals surface area contributed by atoms with Crippen molar-refractivity contribution in [2.45, 2.75) is 51.1 Å². The average Bonchev–Trinajstić information content (AvgIpc) is 3.60. The molecule has 2 aromatic rings. The van der Waals surface area contributed by atoms with E-state index in [0.717, 1.165) is 25.7 Å². The molecule has 2 fully saturated rings.